The Morgan fingerprint density at radius 1 is 1.44 bits per heavy atom. The van der Waals surface area contributed by atoms with E-state index in [1.807, 2.05) is 6.20 Å². The first kappa shape index (κ1) is 10.9. The van der Waals surface area contributed by atoms with Crippen molar-refractivity contribution in [3.8, 4) is 0 Å². The van der Waals surface area contributed by atoms with Gasteiger partial charge in [-0.05, 0) is 6.42 Å². The Labute approximate surface area is 94.3 Å². The molecule has 0 aliphatic carbocycles. The van der Waals surface area contributed by atoms with Gasteiger partial charge in [0.1, 0.15) is 0 Å². The number of aromatic nitrogens is 3. The second kappa shape index (κ2) is 3.47. The number of nitrogens with zero attached hydrogens (tertiary/aromatic N) is 2. The van der Waals surface area contributed by atoms with Gasteiger partial charge >= 0.3 is 0 Å². The lowest BCUT2D eigenvalue weighted by Crippen LogP contribution is -2.22. The molecule has 0 aliphatic heterocycles. The Morgan fingerprint density at radius 2 is 2.12 bits per heavy atom. The van der Waals surface area contributed by atoms with E-state index in [1.54, 1.807) is 6.07 Å². The molecule has 16 heavy (non-hydrogen) atoms. The van der Waals surface area contributed by atoms with Crippen molar-refractivity contribution in [3.63, 3.8) is 0 Å². The maximum absolute atomic E-state index is 11.9. The highest BCUT2D eigenvalue weighted by Crippen LogP contribution is 2.19. The lowest BCUT2D eigenvalue weighted by atomic mass is 9.92. The van der Waals surface area contributed by atoms with Gasteiger partial charge in [0.05, 0.1) is 5.69 Å². The summed E-state index contributed by atoms with van der Waals surface area (Å²) in [7, 11) is 0. The first-order chi connectivity index (χ1) is 7.43. The molecule has 2 aromatic heterocycles. The van der Waals surface area contributed by atoms with Gasteiger partial charge in [0, 0.05) is 23.2 Å². The van der Waals surface area contributed by atoms with Crippen LogP contribution in [0.4, 0.5) is 0 Å². The summed E-state index contributed by atoms with van der Waals surface area (Å²) < 4.78 is 1.49. The predicted molar refractivity (Wildman–Crippen MR) is 63.9 cm³/mol. The van der Waals surface area contributed by atoms with Crippen LogP contribution in [0.1, 0.15) is 39.0 Å². The number of fused-ring (bicyclic) bond motifs is 1. The number of hydrogen-bond donors (Lipinski definition) is 1. The van der Waals surface area contributed by atoms with Crippen molar-refractivity contribution in [1.82, 2.24) is 14.6 Å². The molecule has 0 fully saturated rings. The molecule has 4 nitrogen and oxygen atoms in total. The van der Waals surface area contributed by atoms with Gasteiger partial charge in [0.25, 0.3) is 5.56 Å². The lowest BCUT2D eigenvalue weighted by molar-refractivity contribution is 0.566. The topological polar surface area (TPSA) is 50.2 Å². The SMILES string of the molecule is CCc1c[nH]n2c(=O)cc(C(C)(C)C)nc12. The van der Waals surface area contributed by atoms with Crippen LogP contribution in [0.25, 0.3) is 5.65 Å². The van der Waals surface area contributed by atoms with Crippen LogP contribution in [0, 0.1) is 0 Å². The molecule has 2 rings (SSSR count). The first-order valence-electron chi connectivity index (χ1n) is 5.54. The molecule has 86 valence electrons. The molecular weight excluding hydrogens is 202 g/mol. The molecule has 0 saturated carbocycles. The Hall–Kier alpha value is -1.58. The van der Waals surface area contributed by atoms with E-state index in [2.05, 4.69) is 37.8 Å². The highest BCUT2D eigenvalue weighted by molar-refractivity contribution is 5.47. The highest BCUT2D eigenvalue weighted by Gasteiger charge is 2.18. The fourth-order valence-corrected chi connectivity index (χ4v) is 1.67. The molecule has 0 amide bonds. The van der Waals surface area contributed by atoms with Crippen LogP contribution in [0.15, 0.2) is 17.1 Å². The van der Waals surface area contributed by atoms with Crippen molar-refractivity contribution in [2.24, 2.45) is 0 Å². The van der Waals surface area contributed by atoms with Crippen LogP contribution in [0.5, 0.6) is 0 Å². The molecule has 0 unspecified atom stereocenters. The molecule has 2 aromatic rings. The van der Waals surface area contributed by atoms with Gasteiger partial charge < -0.3 is 0 Å². The summed E-state index contributed by atoms with van der Waals surface area (Å²) in [6, 6.07) is 1.60. The minimum absolute atomic E-state index is 0.0466. The number of hydrogen-bond acceptors (Lipinski definition) is 2. The molecule has 4 heteroatoms. The zero-order valence-electron chi connectivity index (χ0n) is 10.2. The van der Waals surface area contributed by atoms with Crippen molar-refractivity contribution in [2.45, 2.75) is 39.5 Å². The second-order valence-electron chi connectivity index (χ2n) is 5.04. The zero-order valence-corrected chi connectivity index (χ0v) is 10.2. The number of aromatic amines is 1. The van der Waals surface area contributed by atoms with Gasteiger partial charge in [-0.2, -0.15) is 0 Å². The summed E-state index contributed by atoms with van der Waals surface area (Å²) in [5, 5.41) is 2.93. The summed E-state index contributed by atoms with van der Waals surface area (Å²) in [5.74, 6) is 0. The maximum Gasteiger partial charge on any atom is 0.272 e. The normalized spacial score (nSPS) is 12.2. The van der Waals surface area contributed by atoms with Gasteiger partial charge in [0.2, 0.25) is 0 Å². The van der Waals surface area contributed by atoms with Crippen LogP contribution in [-0.4, -0.2) is 14.6 Å². The molecule has 0 aliphatic rings. The smallest absolute Gasteiger partial charge is 0.272 e. The molecule has 0 radical (unpaired) electrons. The van der Waals surface area contributed by atoms with Crippen molar-refractivity contribution >= 4 is 5.65 Å². The van der Waals surface area contributed by atoms with Crippen molar-refractivity contribution in [2.75, 3.05) is 0 Å². The van der Waals surface area contributed by atoms with E-state index in [-0.39, 0.29) is 11.0 Å². The number of aryl methyl sites for hydroxylation is 1. The fraction of sp³-hybridized carbons (Fsp3) is 0.500. The standard InChI is InChI=1S/C12H17N3O/c1-5-8-7-13-15-10(16)6-9(12(2,3)4)14-11(8)15/h6-7,13H,5H2,1-4H3. The van der Waals surface area contributed by atoms with Crippen LogP contribution in [0.2, 0.25) is 0 Å². The van der Waals surface area contributed by atoms with Crippen molar-refractivity contribution in [3.05, 3.63) is 33.9 Å². The van der Waals surface area contributed by atoms with E-state index in [0.717, 1.165) is 23.3 Å². The number of nitrogens with one attached hydrogen (secondary N) is 1. The van der Waals surface area contributed by atoms with E-state index in [1.165, 1.54) is 4.52 Å². The molecule has 2 heterocycles. The average Bonchev–Trinajstić information content (AvgIpc) is 2.59. The van der Waals surface area contributed by atoms with Gasteiger partial charge in [0.15, 0.2) is 5.65 Å². The van der Waals surface area contributed by atoms with Gasteiger partial charge in [-0.3, -0.25) is 9.89 Å². The van der Waals surface area contributed by atoms with Crippen LogP contribution >= 0.6 is 0 Å². The van der Waals surface area contributed by atoms with Gasteiger partial charge in [-0.25, -0.2) is 9.50 Å². The maximum atomic E-state index is 11.9. The van der Waals surface area contributed by atoms with Gasteiger partial charge in [-0.15, -0.1) is 0 Å². The summed E-state index contributed by atoms with van der Waals surface area (Å²) >= 11 is 0. The van der Waals surface area contributed by atoms with E-state index >= 15 is 0 Å². The Morgan fingerprint density at radius 3 is 2.69 bits per heavy atom. The quantitative estimate of drug-likeness (QED) is 0.796. The Kier molecular flexibility index (Phi) is 2.37. The van der Waals surface area contributed by atoms with E-state index in [4.69, 9.17) is 0 Å². The molecule has 0 bridgehead atoms. The summed E-state index contributed by atoms with van der Waals surface area (Å²) in [6.07, 6.45) is 2.71. The third-order valence-corrected chi connectivity index (χ3v) is 2.72. The number of rotatable bonds is 1. The molecular formula is C12H17N3O. The molecule has 1 N–H and O–H groups in total. The van der Waals surface area contributed by atoms with Gasteiger partial charge in [-0.1, -0.05) is 27.7 Å². The van der Waals surface area contributed by atoms with Crippen molar-refractivity contribution in [1.29, 1.82) is 0 Å². The Bertz CT molecular complexity index is 572. The number of H-pyrrole nitrogens is 1. The van der Waals surface area contributed by atoms with Crippen LogP contribution < -0.4 is 5.56 Å². The lowest BCUT2D eigenvalue weighted by Gasteiger charge is -2.17. The third-order valence-electron chi connectivity index (χ3n) is 2.72. The molecule has 0 spiro atoms. The monoisotopic (exact) mass is 219 g/mol. The fourth-order valence-electron chi connectivity index (χ4n) is 1.67. The first-order valence-corrected chi connectivity index (χ1v) is 5.54. The second-order valence-corrected chi connectivity index (χ2v) is 5.04. The van der Waals surface area contributed by atoms with Crippen LogP contribution in [0.3, 0.4) is 0 Å². The average molecular weight is 219 g/mol. The molecule has 0 saturated heterocycles. The summed E-state index contributed by atoms with van der Waals surface area (Å²) in [4.78, 5) is 16.4. The van der Waals surface area contributed by atoms with Crippen LogP contribution in [-0.2, 0) is 11.8 Å². The minimum atomic E-state index is -0.101. The van der Waals surface area contributed by atoms with E-state index in [0.29, 0.717) is 0 Å². The minimum Gasteiger partial charge on any atom is -0.297 e. The largest absolute Gasteiger partial charge is 0.297 e. The molecule has 0 atom stereocenters. The molecule has 0 aromatic carbocycles. The van der Waals surface area contributed by atoms with E-state index < -0.39 is 0 Å². The van der Waals surface area contributed by atoms with E-state index in [9.17, 15) is 4.79 Å². The summed E-state index contributed by atoms with van der Waals surface area (Å²) in [5.41, 5.74) is 2.51. The zero-order chi connectivity index (χ0) is 11.9. The predicted octanol–water partition coefficient (Wildman–Crippen LogP) is 1.88. The van der Waals surface area contributed by atoms with Crippen molar-refractivity contribution < 1.29 is 0 Å². The Balaban J connectivity index is 2.78. The summed E-state index contributed by atoms with van der Waals surface area (Å²) in [6.45, 7) is 8.23. The highest BCUT2D eigenvalue weighted by atomic mass is 16.1. The third kappa shape index (κ3) is 1.64.